The quantitative estimate of drug-likeness (QED) is 0.719. The number of methoxy groups -OCH3 is 1. The van der Waals surface area contributed by atoms with Crippen LogP contribution in [0.3, 0.4) is 0 Å². The van der Waals surface area contributed by atoms with E-state index in [1.165, 1.54) is 5.57 Å². The van der Waals surface area contributed by atoms with E-state index in [-0.39, 0.29) is 11.0 Å². The molecular weight excluding hydrogens is 304 g/mol. The van der Waals surface area contributed by atoms with E-state index in [0.717, 1.165) is 21.5 Å². The molecule has 0 spiro atoms. The molecule has 0 bridgehead atoms. The van der Waals surface area contributed by atoms with Crippen LogP contribution in [0.1, 0.15) is 40.2 Å². The average molecular weight is 325 g/mol. The first-order chi connectivity index (χ1) is 8.64. The van der Waals surface area contributed by atoms with Gasteiger partial charge in [-0.2, -0.15) is 0 Å². The van der Waals surface area contributed by atoms with Gasteiger partial charge in [-0.25, -0.2) is 0 Å². The summed E-state index contributed by atoms with van der Waals surface area (Å²) in [4.78, 5) is 0. The van der Waals surface area contributed by atoms with Crippen LogP contribution in [0.5, 0.6) is 11.5 Å². The smallest absolute Gasteiger partial charge is 0.136 e. The Morgan fingerprint density at radius 1 is 1.21 bits per heavy atom. The Bertz CT molecular complexity index is 536. The predicted octanol–water partition coefficient (Wildman–Crippen LogP) is 5.06. The van der Waals surface area contributed by atoms with Gasteiger partial charge in [0.05, 0.1) is 11.6 Å². The first-order valence-corrected chi connectivity index (χ1v) is 7.23. The minimum absolute atomic E-state index is 0.0732. The predicted molar refractivity (Wildman–Crippen MR) is 82.8 cm³/mol. The SMILES string of the molecule is COc1cc2c(cc1Br)C(C(C)(C)C)=CC(C)(C)O2. The van der Waals surface area contributed by atoms with E-state index in [1.54, 1.807) is 7.11 Å². The lowest BCUT2D eigenvalue weighted by molar-refractivity contribution is 0.155. The number of fused-ring (bicyclic) bond motifs is 1. The standard InChI is InChI=1S/C16H21BrO2/c1-15(2,3)11-9-16(4,5)19-13-8-14(18-6)12(17)7-10(11)13/h7-9H,1-6H3. The molecule has 0 saturated carbocycles. The van der Waals surface area contributed by atoms with Crippen molar-refractivity contribution < 1.29 is 9.47 Å². The molecule has 0 aliphatic carbocycles. The zero-order valence-electron chi connectivity index (χ0n) is 12.4. The van der Waals surface area contributed by atoms with Crippen LogP contribution in [0.4, 0.5) is 0 Å². The number of hydrogen-bond acceptors (Lipinski definition) is 2. The van der Waals surface area contributed by atoms with E-state index < -0.39 is 0 Å². The molecule has 0 aromatic heterocycles. The van der Waals surface area contributed by atoms with Gasteiger partial charge in [0.1, 0.15) is 17.1 Å². The Morgan fingerprint density at radius 2 is 1.84 bits per heavy atom. The Balaban J connectivity index is 2.66. The van der Waals surface area contributed by atoms with Gasteiger partial charge in [0, 0.05) is 11.6 Å². The molecule has 1 aliphatic heterocycles. The van der Waals surface area contributed by atoms with Crippen molar-refractivity contribution in [3.05, 3.63) is 28.2 Å². The third kappa shape index (κ3) is 2.81. The highest BCUT2D eigenvalue weighted by molar-refractivity contribution is 9.10. The number of allylic oxidation sites excluding steroid dienone is 1. The fourth-order valence-electron chi connectivity index (χ4n) is 2.34. The fourth-order valence-corrected chi connectivity index (χ4v) is 2.85. The number of ether oxygens (including phenoxy) is 2. The lowest BCUT2D eigenvalue weighted by Crippen LogP contribution is -2.31. The molecule has 0 amide bonds. The number of rotatable bonds is 1. The molecule has 2 rings (SSSR count). The maximum atomic E-state index is 6.06. The van der Waals surface area contributed by atoms with Gasteiger partial charge in [-0.05, 0) is 52.9 Å². The largest absolute Gasteiger partial charge is 0.495 e. The summed E-state index contributed by atoms with van der Waals surface area (Å²) in [5.74, 6) is 1.68. The summed E-state index contributed by atoms with van der Waals surface area (Å²) in [7, 11) is 1.67. The van der Waals surface area contributed by atoms with E-state index in [1.807, 2.05) is 6.07 Å². The molecule has 19 heavy (non-hydrogen) atoms. The first kappa shape index (κ1) is 14.4. The lowest BCUT2D eigenvalue weighted by Gasteiger charge is -2.36. The maximum absolute atomic E-state index is 6.06. The Kier molecular flexibility index (Phi) is 3.46. The summed E-state index contributed by atoms with van der Waals surface area (Å²) in [6, 6.07) is 4.04. The summed E-state index contributed by atoms with van der Waals surface area (Å²) in [5.41, 5.74) is 2.22. The Hall–Kier alpha value is -0.960. The minimum atomic E-state index is -0.297. The van der Waals surface area contributed by atoms with Gasteiger partial charge >= 0.3 is 0 Å². The molecule has 0 saturated heterocycles. The molecule has 3 heteroatoms. The zero-order chi connectivity index (χ0) is 14.4. The molecule has 0 fully saturated rings. The van der Waals surface area contributed by atoms with E-state index in [2.05, 4.69) is 62.7 Å². The van der Waals surface area contributed by atoms with Gasteiger partial charge in [-0.15, -0.1) is 0 Å². The first-order valence-electron chi connectivity index (χ1n) is 6.44. The summed E-state index contributed by atoms with van der Waals surface area (Å²) < 4.78 is 12.4. The van der Waals surface area contributed by atoms with Crippen LogP contribution in [-0.2, 0) is 0 Å². The van der Waals surface area contributed by atoms with Crippen molar-refractivity contribution in [3.63, 3.8) is 0 Å². The van der Waals surface area contributed by atoms with E-state index in [0.29, 0.717) is 0 Å². The van der Waals surface area contributed by atoms with Crippen LogP contribution in [0.2, 0.25) is 0 Å². The summed E-state index contributed by atoms with van der Waals surface area (Å²) in [6.45, 7) is 10.8. The Labute approximate surface area is 123 Å². The summed E-state index contributed by atoms with van der Waals surface area (Å²) in [5, 5.41) is 0. The minimum Gasteiger partial charge on any atom is -0.495 e. The lowest BCUT2D eigenvalue weighted by atomic mass is 9.78. The number of hydrogen-bond donors (Lipinski definition) is 0. The highest BCUT2D eigenvalue weighted by Gasteiger charge is 2.32. The van der Waals surface area contributed by atoms with E-state index in [9.17, 15) is 0 Å². The molecule has 1 heterocycles. The van der Waals surface area contributed by atoms with Crippen LogP contribution in [-0.4, -0.2) is 12.7 Å². The molecule has 1 aliphatic rings. The van der Waals surface area contributed by atoms with E-state index in [4.69, 9.17) is 9.47 Å². The van der Waals surface area contributed by atoms with Gasteiger partial charge in [-0.1, -0.05) is 20.8 Å². The van der Waals surface area contributed by atoms with Gasteiger partial charge < -0.3 is 9.47 Å². The van der Waals surface area contributed by atoms with Crippen molar-refractivity contribution in [3.8, 4) is 11.5 Å². The molecule has 2 nitrogen and oxygen atoms in total. The highest BCUT2D eigenvalue weighted by atomic mass is 79.9. The van der Waals surface area contributed by atoms with Gasteiger partial charge in [0.25, 0.3) is 0 Å². The van der Waals surface area contributed by atoms with Gasteiger partial charge in [0.2, 0.25) is 0 Å². The summed E-state index contributed by atoms with van der Waals surface area (Å²) >= 11 is 3.55. The maximum Gasteiger partial charge on any atom is 0.136 e. The zero-order valence-corrected chi connectivity index (χ0v) is 14.0. The van der Waals surface area contributed by atoms with Gasteiger partial charge in [0.15, 0.2) is 0 Å². The highest BCUT2D eigenvalue weighted by Crippen LogP contribution is 2.47. The molecule has 1 aromatic carbocycles. The van der Waals surface area contributed by atoms with Crippen LogP contribution in [0.15, 0.2) is 22.7 Å². The van der Waals surface area contributed by atoms with E-state index >= 15 is 0 Å². The molecule has 0 radical (unpaired) electrons. The topological polar surface area (TPSA) is 18.5 Å². The molecule has 0 N–H and O–H groups in total. The van der Waals surface area contributed by atoms with Crippen molar-refractivity contribution in [1.29, 1.82) is 0 Å². The summed E-state index contributed by atoms with van der Waals surface area (Å²) in [6.07, 6.45) is 2.22. The normalized spacial score (nSPS) is 17.3. The second kappa shape index (κ2) is 4.55. The van der Waals surface area contributed by atoms with Crippen molar-refractivity contribution in [2.45, 2.75) is 40.2 Å². The average Bonchev–Trinajstić information content (AvgIpc) is 2.26. The van der Waals surface area contributed by atoms with Crippen molar-refractivity contribution in [1.82, 2.24) is 0 Å². The van der Waals surface area contributed by atoms with Crippen molar-refractivity contribution in [2.75, 3.05) is 7.11 Å². The molecule has 0 atom stereocenters. The third-order valence-electron chi connectivity index (χ3n) is 3.22. The van der Waals surface area contributed by atoms with Gasteiger partial charge in [-0.3, -0.25) is 0 Å². The van der Waals surface area contributed by atoms with Crippen molar-refractivity contribution in [2.24, 2.45) is 5.41 Å². The molecule has 1 aromatic rings. The Morgan fingerprint density at radius 3 is 2.37 bits per heavy atom. The monoisotopic (exact) mass is 324 g/mol. The van der Waals surface area contributed by atoms with Crippen LogP contribution >= 0.6 is 15.9 Å². The molecular formula is C16H21BrO2. The second-order valence-electron chi connectivity index (χ2n) is 6.50. The fraction of sp³-hybridized carbons (Fsp3) is 0.500. The van der Waals surface area contributed by atoms with Crippen LogP contribution < -0.4 is 9.47 Å². The molecule has 0 unspecified atom stereocenters. The number of halogens is 1. The molecule has 104 valence electrons. The van der Waals surface area contributed by atoms with Crippen LogP contribution in [0, 0.1) is 5.41 Å². The third-order valence-corrected chi connectivity index (χ3v) is 3.84. The second-order valence-corrected chi connectivity index (χ2v) is 7.35. The number of benzene rings is 1. The van der Waals surface area contributed by atoms with Crippen LogP contribution in [0.25, 0.3) is 5.57 Å². The van der Waals surface area contributed by atoms with Crippen molar-refractivity contribution >= 4 is 21.5 Å².